The molecule has 1 aliphatic heterocycles. The lowest BCUT2D eigenvalue weighted by Gasteiger charge is -2.33. The first-order chi connectivity index (χ1) is 15.5. The number of anilines is 1. The van der Waals surface area contributed by atoms with Crippen molar-refractivity contribution in [3.8, 4) is 17.1 Å². The molecule has 4 aromatic rings. The van der Waals surface area contributed by atoms with E-state index in [0.29, 0.717) is 53.6 Å². The molecule has 0 spiro atoms. The number of ether oxygens (including phenoxy) is 1. The van der Waals surface area contributed by atoms with Gasteiger partial charge >= 0.3 is 0 Å². The Kier molecular flexibility index (Phi) is 5.27. The predicted molar refractivity (Wildman–Crippen MR) is 111 cm³/mol. The lowest BCUT2D eigenvalue weighted by atomic mass is 10.2. The lowest BCUT2D eigenvalue weighted by molar-refractivity contribution is 0.0905. The van der Waals surface area contributed by atoms with E-state index < -0.39 is 11.6 Å². The topological polar surface area (TPSA) is 86.8 Å². The van der Waals surface area contributed by atoms with Gasteiger partial charge in [0.25, 0.3) is 0 Å². The van der Waals surface area contributed by atoms with Crippen LogP contribution >= 0.6 is 11.6 Å². The number of nitrogens with zero attached hydrogens (tertiary/aromatic N) is 8. The van der Waals surface area contributed by atoms with Crippen molar-refractivity contribution in [3.63, 3.8) is 0 Å². The van der Waals surface area contributed by atoms with Gasteiger partial charge in [-0.3, -0.25) is 4.57 Å². The SMILES string of the molecule is Cn1c(-c2cc(F)cc(F)c2)nnc1N1CCOCC1c1nnn(-c2cccc(Cl)c2)n1. The molecule has 9 nitrogen and oxygen atoms in total. The highest BCUT2D eigenvalue weighted by Crippen LogP contribution is 2.29. The zero-order valence-corrected chi connectivity index (χ0v) is 17.6. The van der Waals surface area contributed by atoms with Crippen LogP contribution in [-0.4, -0.2) is 54.7 Å². The van der Waals surface area contributed by atoms with Crippen molar-refractivity contribution in [2.24, 2.45) is 7.05 Å². The van der Waals surface area contributed by atoms with E-state index in [2.05, 4.69) is 25.6 Å². The van der Waals surface area contributed by atoms with Crippen molar-refractivity contribution in [3.05, 3.63) is 64.9 Å². The lowest BCUT2D eigenvalue weighted by Crippen LogP contribution is -2.41. The first-order valence-corrected chi connectivity index (χ1v) is 10.1. The zero-order valence-electron chi connectivity index (χ0n) is 16.9. The van der Waals surface area contributed by atoms with Gasteiger partial charge in [-0.15, -0.1) is 25.2 Å². The van der Waals surface area contributed by atoms with Crippen LogP contribution < -0.4 is 4.90 Å². The van der Waals surface area contributed by atoms with Crippen LogP contribution in [-0.2, 0) is 11.8 Å². The summed E-state index contributed by atoms with van der Waals surface area (Å²) >= 11 is 6.06. The van der Waals surface area contributed by atoms with E-state index in [9.17, 15) is 8.78 Å². The number of halogens is 3. The molecule has 5 rings (SSSR count). The molecule has 12 heteroatoms. The van der Waals surface area contributed by atoms with E-state index in [1.165, 1.54) is 16.9 Å². The van der Waals surface area contributed by atoms with Crippen LogP contribution in [0, 0.1) is 11.6 Å². The van der Waals surface area contributed by atoms with Gasteiger partial charge in [0.1, 0.15) is 17.7 Å². The van der Waals surface area contributed by atoms with Crippen LogP contribution in [0.2, 0.25) is 5.02 Å². The molecule has 0 bridgehead atoms. The molecule has 164 valence electrons. The zero-order chi connectivity index (χ0) is 22.2. The fourth-order valence-electron chi connectivity index (χ4n) is 3.63. The van der Waals surface area contributed by atoms with Gasteiger partial charge in [0.05, 0.1) is 18.9 Å². The molecule has 2 aromatic carbocycles. The van der Waals surface area contributed by atoms with Gasteiger partial charge < -0.3 is 9.64 Å². The van der Waals surface area contributed by atoms with Gasteiger partial charge in [-0.1, -0.05) is 17.7 Å². The largest absolute Gasteiger partial charge is 0.377 e. The van der Waals surface area contributed by atoms with Crippen molar-refractivity contribution in [2.75, 3.05) is 24.7 Å². The van der Waals surface area contributed by atoms with Crippen LogP contribution in [0.5, 0.6) is 0 Å². The number of morpholine rings is 1. The monoisotopic (exact) mass is 458 g/mol. The number of hydrogen-bond acceptors (Lipinski definition) is 7. The van der Waals surface area contributed by atoms with Crippen LogP contribution in [0.3, 0.4) is 0 Å². The molecule has 0 saturated carbocycles. The van der Waals surface area contributed by atoms with E-state index in [1.807, 2.05) is 11.0 Å². The average molecular weight is 459 g/mol. The van der Waals surface area contributed by atoms with E-state index in [1.54, 1.807) is 29.8 Å². The van der Waals surface area contributed by atoms with E-state index in [0.717, 1.165) is 6.07 Å². The van der Waals surface area contributed by atoms with Crippen LogP contribution in [0.25, 0.3) is 17.1 Å². The van der Waals surface area contributed by atoms with Crippen LogP contribution in [0.15, 0.2) is 42.5 Å². The number of rotatable bonds is 4. The fourth-order valence-corrected chi connectivity index (χ4v) is 3.82. The summed E-state index contributed by atoms with van der Waals surface area (Å²) in [5.41, 5.74) is 0.965. The Bertz CT molecular complexity index is 1260. The predicted octanol–water partition coefficient (Wildman–Crippen LogP) is 2.97. The quantitative estimate of drug-likeness (QED) is 0.464. The van der Waals surface area contributed by atoms with Crippen LogP contribution in [0.4, 0.5) is 14.7 Å². The summed E-state index contributed by atoms with van der Waals surface area (Å²) in [6, 6.07) is 9.97. The van der Waals surface area contributed by atoms with Crippen molar-refractivity contribution in [1.82, 2.24) is 35.0 Å². The smallest absolute Gasteiger partial charge is 0.228 e. The first kappa shape index (κ1) is 20.5. The van der Waals surface area contributed by atoms with Crippen molar-refractivity contribution in [1.29, 1.82) is 0 Å². The number of tetrazole rings is 1. The van der Waals surface area contributed by atoms with Crippen molar-refractivity contribution >= 4 is 17.5 Å². The third kappa shape index (κ3) is 3.80. The Morgan fingerprint density at radius 3 is 2.66 bits per heavy atom. The van der Waals surface area contributed by atoms with Gasteiger partial charge in [-0.2, -0.15) is 0 Å². The second-order valence-electron chi connectivity index (χ2n) is 7.24. The molecule has 3 heterocycles. The van der Waals surface area contributed by atoms with E-state index >= 15 is 0 Å². The molecule has 0 radical (unpaired) electrons. The first-order valence-electron chi connectivity index (χ1n) is 9.76. The van der Waals surface area contributed by atoms with E-state index in [4.69, 9.17) is 16.3 Å². The summed E-state index contributed by atoms with van der Waals surface area (Å²) in [7, 11) is 1.73. The highest BCUT2D eigenvalue weighted by Gasteiger charge is 2.32. The number of benzene rings is 2. The van der Waals surface area contributed by atoms with E-state index in [-0.39, 0.29) is 6.04 Å². The summed E-state index contributed by atoms with van der Waals surface area (Å²) in [6.07, 6.45) is 0. The van der Waals surface area contributed by atoms with Crippen molar-refractivity contribution in [2.45, 2.75) is 6.04 Å². The molecule has 2 aromatic heterocycles. The molecule has 1 saturated heterocycles. The van der Waals surface area contributed by atoms with Crippen molar-refractivity contribution < 1.29 is 13.5 Å². The average Bonchev–Trinajstić information content (AvgIpc) is 3.40. The Balaban J connectivity index is 1.48. The van der Waals surface area contributed by atoms with Crippen LogP contribution in [0.1, 0.15) is 11.9 Å². The van der Waals surface area contributed by atoms with Gasteiger partial charge in [0.15, 0.2) is 11.6 Å². The Labute approximate surface area is 186 Å². The fraction of sp³-hybridized carbons (Fsp3) is 0.250. The highest BCUT2D eigenvalue weighted by atomic mass is 35.5. The minimum Gasteiger partial charge on any atom is -0.377 e. The summed E-state index contributed by atoms with van der Waals surface area (Å²) in [4.78, 5) is 3.33. The minimum absolute atomic E-state index is 0.290. The molecular formula is C20H17ClF2N8O. The summed E-state index contributed by atoms with van der Waals surface area (Å²) in [5, 5.41) is 21.8. The molecule has 0 N–H and O–H groups in total. The molecule has 0 amide bonds. The molecule has 1 aliphatic rings. The third-order valence-corrected chi connectivity index (χ3v) is 5.36. The normalized spacial score (nSPS) is 16.5. The molecule has 32 heavy (non-hydrogen) atoms. The third-order valence-electron chi connectivity index (χ3n) is 5.12. The molecule has 1 unspecified atom stereocenters. The van der Waals surface area contributed by atoms with Gasteiger partial charge in [0.2, 0.25) is 5.95 Å². The van der Waals surface area contributed by atoms with Gasteiger partial charge in [-0.05, 0) is 35.5 Å². The summed E-state index contributed by atoms with van der Waals surface area (Å²) < 4.78 is 34.7. The number of aromatic nitrogens is 7. The maximum atomic E-state index is 13.7. The maximum Gasteiger partial charge on any atom is 0.228 e. The van der Waals surface area contributed by atoms with Gasteiger partial charge in [-0.25, -0.2) is 8.78 Å². The summed E-state index contributed by atoms with van der Waals surface area (Å²) in [5.74, 6) is -0.103. The second-order valence-corrected chi connectivity index (χ2v) is 7.68. The minimum atomic E-state index is -0.685. The Morgan fingerprint density at radius 2 is 1.88 bits per heavy atom. The molecule has 1 fully saturated rings. The second kappa shape index (κ2) is 8.24. The molecule has 1 atom stereocenters. The number of hydrogen-bond donors (Lipinski definition) is 0. The summed E-state index contributed by atoms with van der Waals surface area (Å²) in [6.45, 7) is 1.29. The Morgan fingerprint density at radius 1 is 1.06 bits per heavy atom. The molecular weight excluding hydrogens is 442 g/mol. The maximum absolute atomic E-state index is 13.7. The standard InChI is InChI=1S/C20H17ClF2N8O/c1-29-19(12-7-14(22)10-15(23)8-12)25-26-20(29)30-5-6-32-11-17(30)18-24-28-31(27-18)16-4-2-3-13(21)9-16/h2-4,7-10,17H,5-6,11H2,1H3. The van der Waals surface area contributed by atoms with Gasteiger partial charge in [0, 0.05) is 30.2 Å². The Hall–Kier alpha value is -3.44. The highest BCUT2D eigenvalue weighted by molar-refractivity contribution is 6.30. The molecule has 0 aliphatic carbocycles.